The van der Waals surface area contributed by atoms with Gasteiger partial charge in [-0.2, -0.15) is 14.0 Å². The molecule has 0 radical (unpaired) electrons. The lowest BCUT2D eigenvalue weighted by Gasteiger charge is -2.37. The van der Waals surface area contributed by atoms with Crippen molar-refractivity contribution in [2.24, 2.45) is 5.92 Å². The van der Waals surface area contributed by atoms with Crippen molar-refractivity contribution in [2.45, 2.75) is 68.6 Å². The van der Waals surface area contributed by atoms with Gasteiger partial charge in [-0.3, -0.25) is 10.1 Å². The summed E-state index contributed by atoms with van der Waals surface area (Å²) in [5.74, 6) is -5.21. The monoisotopic (exact) mass is 445 g/mol. The molecule has 2 fully saturated rings. The van der Waals surface area contributed by atoms with Gasteiger partial charge in [-0.05, 0) is 62.3 Å². The third-order valence-electron chi connectivity index (χ3n) is 5.52. The number of hydrogen-bond acceptors (Lipinski definition) is 4. The number of nitriles is 1. The summed E-state index contributed by atoms with van der Waals surface area (Å²) >= 11 is 0. The summed E-state index contributed by atoms with van der Waals surface area (Å²) < 4.78 is 74.7. The zero-order chi connectivity index (χ0) is 22.7. The first-order valence-corrected chi connectivity index (χ1v) is 10.2. The predicted octanol–water partition coefficient (Wildman–Crippen LogP) is 4.14. The van der Waals surface area contributed by atoms with Crippen LogP contribution < -0.4 is 15.4 Å². The summed E-state index contributed by atoms with van der Waals surface area (Å²) in [5.41, 5.74) is -1.14. The van der Waals surface area contributed by atoms with Gasteiger partial charge in [0.05, 0.1) is 12.1 Å². The zero-order valence-corrected chi connectivity index (χ0v) is 16.8. The number of alkyl halides is 4. The number of rotatable bonds is 11. The molecule has 2 aliphatic rings. The SMILES string of the molecule is N#CC1(NC(=O)C(CC(F)(F)CC2CC2)NCC(F)(F)Oc2ccc(F)cc2)CCC1. The van der Waals surface area contributed by atoms with E-state index in [1.165, 1.54) is 0 Å². The molecule has 2 saturated carbocycles. The molecule has 0 aliphatic heterocycles. The number of nitrogens with zero attached hydrogens (tertiary/aromatic N) is 1. The van der Waals surface area contributed by atoms with Crippen molar-refractivity contribution >= 4 is 5.91 Å². The van der Waals surface area contributed by atoms with Crippen LogP contribution in [0.4, 0.5) is 22.0 Å². The maximum absolute atomic E-state index is 14.4. The van der Waals surface area contributed by atoms with E-state index in [4.69, 9.17) is 0 Å². The Balaban J connectivity index is 1.65. The first-order valence-electron chi connectivity index (χ1n) is 10.2. The second-order valence-electron chi connectivity index (χ2n) is 8.37. The van der Waals surface area contributed by atoms with E-state index in [-0.39, 0.29) is 11.7 Å². The van der Waals surface area contributed by atoms with Crippen LogP contribution in [0.2, 0.25) is 0 Å². The van der Waals surface area contributed by atoms with E-state index in [1.54, 1.807) is 0 Å². The Morgan fingerprint density at radius 3 is 2.39 bits per heavy atom. The highest BCUT2D eigenvalue weighted by Crippen LogP contribution is 2.41. The van der Waals surface area contributed by atoms with Crippen LogP contribution in [-0.4, -0.2) is 36.1 Å². The average molecular weight is 445 g/mol. The number of benzene rings is 1. The van der Waals surface area contributed by atoms with Crippen molar-refractivity contribution < 1.29 is 31.5 Å². The number of carbonyl (C=O) groups is 1. The predicted molar refractivity (Wildman–Crippen MR) is 101 cm³/mol. The number of halogens is 5. The smallest absolute Gasteiger partial charge is 0.410 e. The summed E-state index contributed by atoms with van der Waals surface area (Å²) in [6, 6.07) is 4.21. The highest BCUT2D eigenvalue weighted by molar-refractivity contribution is 5.83. The van der Waals surface area contributed by atoms with Crippen LogP contribution in [0.3, 0.4) is 0 Å². The van der Waals surface area contributed by atoms with E-state index < -0.39 is 54.7 Å². The van der Waals surface area contributed by atoms with Gasteiger partial charge in [0.15, 0.2) is 0 Å². The fourth-order valence-electron chi connectivity index (χ4n) is 3.46. The lowest BCUT2D eigenvalue weighted by Crippen LogP contribution is -2.59. The van der Waals surface area contributed by atoms with Gasteiger partial charge < -0.3 is 10.1 Å². The first-order chi connectivity index (χ1) is 14.5. The van der Waals surface area contributed by atoms with Crippen LogP contribution in [0.15, 0.2) is 24.3 Å². The maximum atomic E-state index is 14.4. The minimum absolute atomic E-state index is 0.126. The van der Waals surface area contributed by atoms with Crippen LogP contribution in [0.1, 0.15) is 44.9 Å². The third-order valence-corrected chi connectivity index (χ3v) is 5.52. The molecule has 170 valence electrons. The Morgan fingerprint density at radius 2 is 1.87 bits per heavy atom. The van der Waals surface area contributed by atoms with Crippen molar-refractivity contribution in [3.8, 4) is 11.8 Å². The van der Waals surface area contributed by atoms with Crippen molar-refractivity contribution in [2.75, 3.05) is 6.54 Å². The van der Waals surface area contributed by atoms with Crippen LogP contribution in [-0.2, 0) is 4.79 Å². The number of amides is 1. The Morgan fingerprint density at radius 1 is 1.23 bits per heavy atom. The Labute approximate surface area is 176 Å². The summed E-state index contributed by atoms with van der Waals surface area (Å²) in [7, 11) is 0. The molecule has 0 bridgehead atoms. The Bertz CT molecular complexity index is 817. The van der Waals surface area contributed by atoms with Gasteiger partial charge in [0.1, 0.15) is 23.7 Å². The van der Waals surface area contributed by atoms with E-state index >= 15 is 0 Å². The fraction of sp³-hybridized carbons (Fsp3) is 0.619. The number of hydrogen-bond donors (Lipinski definition) is 2. The lowest BCUT2D eigenvalue weighted by atomic mass is 9.78. The second-order valence-corrected chi connectivity index (χ2v) is 8.37. The van der Waals surface area contributed by atoms with E-state index in [1.807, 2.05) is 6.07 Å². The molecule has 0 aromatic heterocycles. The average Bonchev–Trinajstić information content (AvgIpc) is 3.46. The molecule has 1 amide bonds. The molecule has 1 unspecified atom stereocenters. The minimum Gasteiger partial charge on any atom is -0.432 e. The van der Waals surface area contributed by atoms with E-state index in [0.717, 1.165) is 24.3 Å². The molecule has 1 aromatic carbocycles. The molecule has 1 aromatic rings. The molecule has 3 rings (SSSR count). The van der Waals surface area contributed by atoms with E-state index in [0.29, 0.717) is 32.1 Å². The molecule has 0 saturated heterocycles. The number of nitrogens with one attached hydrogen (secondary N) is 2. The van der Waals surface area contributed by atoms with Crippen LogP contribution >= 0.6 is 0 Å². The lowest BCUT2D eigenvalue weighted by molar-refractivity contribution is -0.174. The van der Waals surface area contributed by atoms with Crippen molar-refractivity contribution in [1.29, 1.82) is 5.26 Å². The van der Waals surface area contributed by atoms with Gasteiger partial charge in [0.25, 0.3) is 0 Å². The van der Waals surface area contributed by atoms with E-state index in [9.17, 15) is 32.0 Å². The topological polar surface area (TPSA) is 74.2 Å². The van der Waals surface area contributed by atoms with Gasteiger partial charge >= 0.3 is 6.11 Å². The number of carbonyl (C=O) groups excluding carboxylic acids is 1. The normalized spacial score (nSPS) is 19.1. The zero-order valence-electron chi connectivity index (χ0n) is 16.8. The molecule has 2 N–H and O–H groups in total. The molecule has 0 heterocycles. The third kappa shape index (κ3) is 6.79. The summed E-state index contributed by atoms with van der Waals surface area (Å²) in [6.07, 6.45) is -2.40. The van der Waals surface area contributed by atoms with Gasteiger partial charge in [0.2, 0.25) is 11.8 Å². The van der Waals surface area contributed by atoms with Gasteiger partial charge in [-0.15, -0.1) is 0 Å². The molecule has 2 aliphatic carbocycles. The van der Waals surface area contributed by atoms with Crippen LogP contribution in [0, 0.1) is 23.1 Å². The highest BCUT2D eigenvalue weighted by atomic mass is 19.3. The van der Waals surface area contributed by atoms with Crippen molar-refractivity contribution in [1.82, 2.24) is 10.6 Å². The molecule has 0 spiro atoms. The molecular weight excluding hydrogens is 421 g/mol. The second kappa shape index (κ2) is 8.99. The quantitative estimate of drug-likeness (QED) is 0.502. The minimum atomic E-state index is -3.84. The fourth-order valence-corrected chi connectivity index (χ4v) is 3.46. The summed E-state index contributed by atoms with van der Waals surface area (Å²) in [6.45, 7) is -1.22. The molecule has 31 heavy (non-hydrogen) atoms. The van der Waals surface area contributed by atoms with Gasteiger partial charge in [-0.25, -0.2) is 13.2 Å². The number of ether oxygens (including phenoxy) is 1. The largest absolute Gasteiger partial charge is 0.432 e. The standard InChI is InChI=1S/C21H24F5N3O2/c22-15-4-6-16(7-5-15)31-21(25,26)13-28-17(11-20(23,24)10-14-2-3-14)18(30)29-19(12-27)8-1-9-19/h4-7,14,17,28H,1-3,8-11,13H2,(H,29,30). The first kappa shape index (κ1) is 23.3. The molecule has 5 nitrogen and oxygen atoms in total. The summed E-state index contributed by atoms with van der Waals surface area (Å²) in [4.78, 5) is 12.6. The van der Waals surface area contributed by atoms with Crippen LogP contribution in [0.25, 0.3) is 0 Å². The summed E-state index contributed by atoms with van der Waals surface area (Å²) in [5, 5.41) is 13.9. The maximum Gasteiger partial charge on any atom is 0.410 e. The molecule has 10 heteroatoms. The van der Waals surface area contributed by atoms with Gasteiger partial charge in [0, 0.05) is 12.8 Å². The highest BCUT2D eigenvalue weighted by Gasteiger charge is 2.45. The van der Waals surface area contributed by atoms with Gasteiger partial charge in [-0.1, -0.05) is 0 Å². The van der Waals surface area contributed by atoms with E-state index in [2.05, 4.69) is 15.4 Å². The Kier molecular flexibility index (Phi) is 6.74. The molecular formula is C21H24F5N3O2. The molecule has 1 atom stereocenters. The van der Waals surface area contributed by atoms with Crippen molar-refractivity contribution in [3.63, 3.8) is 0 Å². The Hall–Kier alpha value is -2.41. The van der Waals surface area contributed by atoms with Crippen LogP contribution in [0.5, 0.6) is 5.75 Å². The van der Waals surface area contributed by atoms with Crippen molar-refractivity contribution in [3.05, 3.63) is 30.1 Å².